The lowest BCUT2D eigenvalue weighted by molar-refractivity contribution is -0.141. The number of amides is 2. The second kappa shape index (κ2) is 8.38. The highest BCUT2D eigenvalue weighted by molar-refractivity contribution is 7.80. The summed E-state index contributed by atoms with van der Waals surface area (Å²) in [6.07, 6.45) is 1.64. The van der Waals surface area contributed by atoms with Crippen LogP contribution in [0.4, 0.5) is 0 Å². The maximum absolute atomic E-state index is 11.9. The predicted molar refractivity (Wildman–Crippen MR) is 80.2 cm³/mol. The molecule has 1 aliphatic rings. The molecule has 0 aromatic heterocycles. The quantitative estimate of drug-likeness (QED) is 0.325. The maximum Gasteiger partial charge on any atom is 0.327 e. The molecule has 1 saturated heterocycles. The Kier molecular flexibility index (Phi) is 7.17. The van der Waals surface area contributed by atoms with Crippen molar-refractivity contribution in [2.75, 3.05) is 18.1 Å². The Balaban J connectivity index is 2.53. The summed E-state index contributed by atoms with van der Waals surface area (Å²) in [6, 6.07) is -2.25. The zero-order valence-electron chi connectivity index (χ0n) is 10.8. The third-order valence-corrected chi connectivity index (χ3v) is 3.72. The standard InChI is InChI=1S/C11H19N3O4S2/c15-9(6-2-1-3-12-6)13-7(4-19)10(16)14-8(5-20)11(17)18/h6-8,12,19-20H,1-5H2,(H,13,15)(H,14,16)(H,17,18)/t6-,7-,8-/m0/s1. The van der Waals surface area contributed by atoms with Gasteiger partial charge in [0.15, 0.2) is 0 Å². The van der Waals surface area contributed by atoms with Gasteiger partial charge in [-0.15, -0.1) is 0 Å². The van der Waals surface area contributed by atoms with Crippen molar-refractivity contribution in [2.45, 2.75) is 31.0 Å². The zero-order chi connectivity index (χ0) is 15.1. The van der Waals surface area contributed by atoms with Crippen LogP contribution in [0.2, 0.25) is 0 Å². The minimum absolute atomic E-state index is 0.0293. The van der Waals surface area contributed by atoms with Crippen molar-refractivity contribution in [1.82, 2.24) is 16.0 Å². The molecule has 9 heteroatoms. The van der Waals surface area contributed by atoms with Crippen LogP contribution >= 0.6 is 25.3 Å². The van der Waals surface area contributed by atoms with E-state index in [4.69, 9.17) is 5.11 Å². The summed E-state index contributed by atoms with van der Waals surface area (Å²) in [5.74, 6) is -1.96. The summed E-state index contributed by atoms with van der Waals surface area (Å²) in [5.41, 5.74) is 0. The van der Waals surface area contributed by atoms with E-state index in [0.717, 1.165) is 19.4 Å². The number of carboxylic acid groups (broad SMARTS) is 1. The van der Waals surface area contributed by atoms with Crippen LogP contribution in [0.5, 0.6) is 0 Å². The highest BCUT2D eigenvalue weighted by Gasteiger charge is 2.28. The lowest BCUT2D eigenvalue weighted by atomic mass is 10.2. The number of rotatable bonds is 7. The van der Waals surface area contributed by atoms with E-state index < -0.39 is 24.0 Å². The molecule has 4 N–H and O–H groups in total. The summed E-state index contributed by atoms with van der Waals surface area (Å²) in [6.45, 7) is 0.774. The molecule has 2 amide bonds. The minimum Gasteiger partial charge on any atom is -0.480 e. The van der Waals surface area contributed by atoms with Gasteiger partial charge in [0.1, 0.15) is 12.1 Å². The van der Waals surface area contributed by atoms with Crippen LogP contribution in [0.25, 0.3) is 0 Å². The Morgan fingerprint density at radius 3 is 2.30 bits per heavy atom. The first kappa shape index (κ1) is 17.1. The Hall–Kier alpha value is -0.930. The van der Waals surface area contributed by atoms with Gasteiger partial charge in [-0.1, -0.05) is 0 Å². The van der Waals surface area contributed by atoms with E-state index in [1.807, 2.05) is 0 Å². The molecule has 0 aromatic carbocycles. The summed E-state index contributed by atoms with van der Waals surface area (Å²) in [7, 11) is 0. The molecule has 7 nitrogen and oxygen atoms in total. The van der Waals surface area contributed by atoms with Gasteiger partial charge in [0.2, 0.25) is 11.8 Å². The SMILES string of the molecule is O=C(O)[C@H](CS)NC(=O)[C@H](CS)NC(=O)[C@@H]1CCCN1. The monoisotopic (exact) mass is 321 g/mol. The molecule has 0 aliphatic carbocycles. The average molecular weight is 321 g/mol. The van der Waals surface area contributed by atoms with Gasteiger partial charge in [-0.3, -0.25) is 9.59 Å². The third-order valence-electron chi connectivity index (χ3n) is 2.99. The Bertz CT molecular complexity index is 375. The van der Waals surface area contributed by atoms with Gasteiger partial charge < -0.3 is 21.1 Å². The Morgan fingerprint density at radius 1 is 1.20 bits per heavy atom. The first-order chi connectivity index (χ1) is 9.49. The van der Waals surface area contributed by atoms with Crippen LogP contribution in [0.1, 0.15) is 12.8 Å². The van der Waals surface area contributed by atoms with Crippen LogP contribution in [-0.4, -0.2) is 59.1 Å². The van der Waals surface area contributed by atoms with E-state index >= 15 is 0 Å². The average Bonchev–Trinajstić information content (AvgIpc) is 2.95. The van der Waals surface area contributed by atoms with Crippen molar-refractivity contribution in [2.24, 2.45) is 0 Å². The first-order valence-electron chi connectivity index (χ1n) is 6.28. The van der Waals surface area contributed by atoms with Gasteiger partial charge in [-0.2, -0.15) is 25.3 Å². The van der Waals surface area contributed by atoms with Gasteiger partial charge in [0, 0.05) is 11.5 Å². The van der Waals surface area contributed by atoms with E-state index in [-0.39, 0.29) is 23.5 Å². The predicted octanol–water partition coefficient (Wildman–Crippen LogP) is -1.35. The molecule has 1 rings (SSSR count). The molecular weight excluding hydrogens is 302 g/mol. The number of aliphatic carboxylic acids is 1. The van der Waals surface area contributed by atoms with Crippen molar-refractivity contribution >= 4 is 43.0 Å². The molecule has 1 fully saturated rings. The number of nitrogens with one attached hydrogen (secondary N) is 3. The topological polar surface area (TPSA) is 108 Å². The molecule has 0 bridgehead atoms. The second-order valence-corrected chi connectivity index (χ2v) is 5.20. The summed E-state index contributed by atoms with van der Waals surface area (Å²) in [4.78, 5) is 34.6. The van der Waals surface area contributed by atoms with E-state index in [1.54, 1.807) is 0 Å². The molecule has 20 heavy (non-hydrogen) atoms. The highest BCUT2D eigenvalue weighted by Crippen LogP contribution is 2.05. The molecule has 0 radical (unpaired) electrons. The fraction of sp³-hybridized carbons (Fsp3) is 0.727. The lowest BCUT2D eigenvalue weighted by Crippen LogP contribution is -2.55. The normalized spacial score (nSPS) is 21.0. The summed E-state index contributed by atoms with van der Waals surface area (Å²) in [5, 5.41) is 16.8. The molecule has 0 spiro atoms. The largest absolute Gasteiger partial charge is 0.480 e. The van der Waals surface area contributed by atoms with Gasteiger partial charge in [-0.05, 0) is 19.4 Å². The summed E-state index contributed by atoms with van der Waals surface area (Å²) >= 11 is 7.87. The van der Waals surface area contributed by atoms with Gasteiger partial charge >= 0.3 is 5.97 Å². The van der Waals surface area contributed by atoms with Gasteiger partial charge in [0.05, 0.1) is 6.04 Å². The number of carbonyl (C=O) groups is 3. The lowest BCUT2D eigenvalue weighted by Gasteiger charge is -2.20. The number of thiol groups is 2. The third kappa shape index (κ3) is 4.88. The van der Waals surface area contributed by atoms with E-state index in [2.05, 4.69) is 41.2 Å². The number of carbonyl (C=O) groups excluding carboxylic acids is 2. The fourth-order valence-corrected chi connectivity index (χ4v) is 2.34. The van der Waals surface area contributed by atoms with Crippen molar-refractivity contribution in [1.29, 1.82) is 0 Å². The smallest absolute Gasteiger partial charge is 0.327 e. The number of hydrogen-bond donors (Lipinski definition) is 6. The molecule has 3 atom stereocenters. The van der Waals surface area contributed by atoms with E-state index in [1.165, 1.54) is 0 Å². The second-order valence-electron chi connectivity index (χ2n) is 4.47. The molecule has 1 aliphatic heterocycles. The van der Waals surface area contributed by atoms with Crippen molar-refractivity contribution in [3.8, 4) is 0 Å². The molecule has 0 aromatic rings. The van der Waals surface area contributed by atoms with Crippen LogP contribution in [0.15, 0.2) is 0 Å². The van der Waals surface area contributed by atoms with Crippen LogP contribution in [-0.2, 0) is 14.4 Å². The summed E-state index contributed by atoms with van der Waals surface area (Å²) < 4.78 is 0. The molecule has 0 unspecified atom stereocenters. The minimum atomic E-state index is -1.17. The first-order valence-corrected chi connectivity index (χ1v) is 7.54. The van der Waals surface area contributed by atoms with Gasteiger partial charge in [0.25, 0.3) is 0 Å². The fourth-order valence-electron chi connectivity index (χ4n) is 1.83. The van der Waals surface area contributed by atoms with E-state index in [9.17, 15) is 14.4 Å². The molecular formula is C11H19N3O4S2. The van der Waals surface area contributed by atoms with Crippen molar-refractivity contribution < 1.29 is 19.5 Å². The van der Waals surface area contributed by atoms with E-state index in [0.29, 0.717) is 0 Å². The molecule has 1 heterocycles. The zero-order valence-corrected chi connectivity index (χ0v) is 12.6. The van der Waals surface area contributed by atoms with Crippen LogP contribution in [0.3, 0.4) is 0 Å². The maximum atomic E-state index is 11.9. The van der Waals surface area contributed by atoms with Crippen LogP contribution in [0, 0.1) is 0 Å². The number of hydrogen-bond acceptors (Lipinski definition) is 6. The van der Waals surface area contributed by atoms with Crippen molar-refractivity contribution in [3.63, 3.8) is 0 Å². The van der Waals surface area contributed by atoms with Crippen LogP contribution < -0.4 is 16.0 Å². The van der Waals surface area contributed by atoms with Crippen molar-refractivity contribution in [3.05, 3.63) is 0 Å². The Labute approximate surface area is 128 Å². The Morgan fingerprint density at radius 2 is 1.85 bits per heavy atom. The molecule has 114 valence electrons. The highest BCUT2D eigenvalue weighted by atomic mass is 32.1. The number of carboxylic acids is 1. The van der Waals surface area contributed by atoms with Gasteiger partial charge in [-0.25, -0.2) is 4.79 Å². The molecule has 0 saturated carbocycles.